The standard InChI is InChI=1S/C28H26N4O5/c1-4-30-23-13-11-21(32(36)37)15-20(23)16-28(24(30)19-8-6-5-7-9-19)25(33)29-27(35)31(26(28)34)22-12-10-17(2)14-18(22)3/h5-15,24H,4,16H2,1-3H3,(H,29,33,35)/t24-,28+/m1/s1. The molecule has 3 aromatic rings. The van der Waals surface area contributed by atoms with E-state index in [0.29, 0.717) is 29.0 Å². The number of nitrogens with one attached hydrogen (secondary N) is 1. The Labute approximate surface area is 213 Å². The van der Waals surface area contributed by atoms with Gasteiger partial charge in [0, 0.05) is 30.8 Å². The van der Waals surface area contributed by atoms with Crippen LogP contribution in [0.15, 0.2) is 66.7 Å². The lowest BCUT2D eigenvalue weighted by Crippen LogP contribution is -2.69. The second-order valence-corrected chi connectivity index (χ2v) is 9.51. The number of barbiturate groups is 1. The summed E-state index contributed by atoms with van der Waals surface area (Å²) in [7, 11) is 0. The van der Waals surface area contributed by atoms with Crippen LogP contribution in [0, 0.1) is 29.4 Å². The van der Waals surface area contributed by atoms with Crippen LogP contribution in [0.3, 0.4) is 0 Å². The van der Waals surface area contributed by atoms with Crippen LogP contribution in [-0.4, -0.2) is 29.3 Å². The minimum atomic E-state index is -1.75. The molecule has 0 radical (unpaired) electrons. The van der Waals surface area contributed by atoms with E-state index in [1.165, 1.54) is 12.1 Å². The summed E-state index contributed by atoms with van der Waals surface area (Å²) < 4.78 is 0. The molecular formula is C28H26N4O5. The highest BCUT2D eigenvalue weighted by molar-refractivity contribution is 6.31. The number of hydrogen-bond acceptors (Lipinski definition) is 6. The first-order chi connectivity index (χ1) is 17.7. The number of non-ortho nitro benzene ring substituents is 1. The summed E-state index contributed by atoms with van der Waals surface area (Å²) in [5, 5.41) is 14.0. The number of fused-ring (bicyclic) bond motifs is 1. The number of nitro benzene ring substituents is 1. The number of rotatable bonds is 4. The number of nitro groups is 1. The van der Waals surface area contributed by atoms with Gasteiger partial charge in [0.15, 0.2) is 5.41 Å². The summed E-state index contributed by atoms with van der Waals surface area (Å²) in [6, 6.07) is 17.5. The summed E-state index contributed by atoms with van der Waals surface area (Å²) >= 11 is 0. The molecule has 1 N–H and O–H groups in total. The van der Waals surface area contributed by atoms with Crippen molar-refractivity contribution in [2.24, 2.45) is 5.41 Å². The fourth-order valence-corrected chi connectivity index (χ4v) is 5.69. The van der Waals surface area contributed by atoms with Crippen LogP contribution >= 0.6 is 0 Å². The molecule has 2 atom stereocenters. The summed E-state index contributed by atoms with van der Waals surface area (Å²) in [4.78, 5) is 55.5. The average molecular weight is 499 g/mol. The van der Waals surface area contributed by atoms with Crippen molar-refractivity contribution in [3.05, 3.63) is 99.1 Å². The highest BCUT2D eigenvalue weighted by Gasteiger charge is 2.62. The van der Waals surface area contributed by atoms with Crippen molar-refractivity contribution < 1.29 is 19.3 Å². The van der Waals surface area contributed by atoms with Crippen LogP contribution in [0.1, 0.15) is 35.2 Å². The number of hydrogen-bond donors (Lipinski definition) is 1. The number of carbonyl (C=O) groups is 3. The Morgan fingerprint density at radius 3 is 2.35 bits per heavy atom. The smallest absolute Gasteiger partial charge is 0.335 e. The van der Waals surface area contributed by atoms with Gasteiger partial charge in [0.1, 0.15) is 0 Å². The van der Waals surface area contributed by atoms with Crippen molar-refractivity contribution in [3.63, 3.8) is 0 Å². The first-order valence-corrected chi connectivity index (χ1v) is 12.0. The topological polar surface area (TPSA) is 113 Å². The molecule has 9 heteroatoms. The molecule has 0 aliphatic carbocycles. The minimum Gasteiger partial charge on any atom is -0.363 e. The van der Waals surface area contributed by atoms with Gasteiger partial charge in [-0.25, -0.2) is 9.69 Å². The van der Waals surface area contributed by atoms with E-state index in [-0.39, 0.29) is 12.1 Å². The van der Waals surface area contributed by atoms with Crippen molar-refractivity contribution in [2.45, 2.75) is 33.2 Å². The molecule has 3 aromatic carbocycles. The number of anilines is 2. The van der Waals surface area contributed by atoms with Gasteiger partial charge in [-0.1, -0.05) is 48.0 Å². The van der Waals surface area contributed by atoms with Gasteiger partial charge >= 0.3 is 6.03 Å². The maximum Gasteiger partial charge on any atom is 0.335 e. The lowest BCUT2D eigenvalue weighted by atomic mass is 9.66. The zero-order valence-electron chi connectivity index (χ0n) is 20.7. The van der Waals surface area contributed by atoms with Crippen molar-refractivity contribution in [1.29, 1.82) is 0 Å². The summed E-state index contributed by atoms with van der Waals surface area (Å²) in [5.74, 6) is -1.37. The molecule has 5 rings (SSSR count). The van der Waals surface area contributed by atoms with Gasteiger partial charge in [-0.3, -0.25) is 25.0 Å². The Balaban J connectivity index is 1.77. The molecule has 4 amide bonds. The Bertz CT molecular complexity index is 1450. The van der Waals surface area contributed by atoms with E-state index in [1.807, 2.05) is 55.1 Å². The molecule has 2 heterocycles. The first-order valence-electron chi connectivity index (χ1n) is 12.0. The fraction of sp³-hybridized carbons (Fsp3) is 0.250. The van der Waals surface area contributed by atoms with Gasteiger partial charge in [-0.15, -0.1) is 0 Å². The minimum absolute atomic E-state index is 0.0978. The van der Waals surface area contributed by atoms with E-state index in [0.717, 1.165) is 16.0 Å². The molecule has 37 heavy (non-hydrogen) atoms. The van der Waals surface area contributed by atoms with E-state index < -0.39 is 34.2 Å². The molecule has 2 aliphatic heterocycles. The van der Waals surface area contributed by atoms with Gasteiger partial charge in [-0.05, 0) is 49.6 Å². The molecule has 9 nitrogen and oxygen atoms in total. The van der Waals surface area contributed by atoms with Crippen LogP contribution in [0.4, 0.5) is 21.9 Å². The van der Waals surface area contributed by atoms with E-state index in [4.69, 9.17) is 0 Å². The highest BCUT2D eigenvalue weighted by Crippen LogP contribution is 2.52. The van der Waals surface area contributed by atoms with E-state index in [2.05, 4.69) is 5.32 Å². The number of carbonyl (C=O) groups excluding carboxylic acids is 3. The van der Waals surface area contributed by atoms with E-state index in [9.17, 15) is 24.5 Å². The second kappa shape index (κ2) is 8.85. The zero-order chi connectivity index (χ0) is 26.5. The molecule has 1 fully saturated rings. The molecule has 1 saturated heterocycles. The van der Waals surface area contributed by atoms with Gasteiger partial charge in [0.05, 0.1) is 16.7 Å². The maximum absolute atomic E-state index is 14.5. The predicted octanol–water partition coefficient (Wildman–Crippen LogP) is 4.60. The Hall–Kier alpha value is -4.53. The van der Waals surface area contributed by atoms with E-state index in [1.54, 1.807) is 25.1 Å². The summed E-state index contributed by atoms with van der Waals surface area (Å²) in [5.41, 5.74) is 2.13. The van der Waals surface area contributed by atoms with Crippen molar-refractivity contribution >= 4 is 34.9 Å². The van der Waals surface area contributed by atoms with Crippen LogP contribution in [0.2, 0.25) is 0 Å². The molecule has 0 saturated carbocycles. The van der Waals surface area contributed by atoms with Crippen LogP contribution in [-0.2, 0) is 16.0 Å². The fourth-order valence-electron chi connectivity index (χ4n) is 5.69. The third-order valence-electron chi connectivity index (χ3n) is 7.29. The van der Waals surface area contributed by atoms with Crippen molar-refractivity contribution in [3.8, 4) is 0 Å². The average Bonchev–Trinajstić information content (AvgIpc) is 2.87. The molecular weight excluding hydrogens is 472 g/mol. The SMILES string of the molecule is CCN1c2ccc([N+](=O)[O-])cc2C[C@@]2(C(=O)NC(=O)N(c3ccc(C)cc3C)C2=O)[C@H]1c1ccccc1. The second-order valence-electron chi connectivity index (χ2n) is 9.51. The molecule has 2 aliphatic rings. The number of benzene rings is 3. The van der Waals surface area contributed by atoms with Crippen LogP contribution < -0.4 is 15.1 Å². The first kappa shape index (κ1) is 24.2. The predicted molar refractivity (Wildman–Crippen MR) is 138 cm³/mol. The third kappa shape index (κ3) is 3.66. The Morgan fingerprint density at radius 2 is 1.70 bits per heavy atom. The molecule has 188 valence electrons. The normalized spacial score (nSPS) is 21.2. The van der Waals surface area contributed by atoms with Crippen molar-refractivity contribution in [2.75, 3.05) is 16.3 Å². The van der Waals surface area contributed by atoms with Crippen molar-refractivity contribution in [1.82, 2.24) is 5.32 Å². The zero-order valence-corrected chi connectivity index (χ0v) is 20.7. The number of urea groups is 1. The summed E-state index contributed by atoms with van der Waals surface area (Å²) in [6.07, 6.45) is -0.0978. The lowest BCUT2D eigenvalue weighted by Gasteiger charge is -2.52. The largest absolute Gasteiger partial charge is 0.363 e. The van der Waals surface area contributed by atoms with E-state index >= 15 is 0 Å². The number of aryl methyl sites for hydroxylation is 2. The number of nitrogens with zero attached hydrogens (tertiary/aromatic N) is 3. The van der Waals surface area contributed by atoms with Gasteiger partial charge in [0.25, 0.3) is 11.6 Å². The Morgan fingerprint density at radius 1 is 1.00 bits per heavy atom. The highest BCUT2D eigenvalue weighted by atomic mass is 16.6. The third-order valence-corrected chi connectivity index (χ3v) is 7.29. The molecule has 0 bridgehead atoms. The molecule has 0 unspecified atom stereocenters. The molecule has 0 aromatic heterocycles. The van der Waals surface area contributed by atoms with Gasteiger partial charge in [0.2, 0.25) is 5.91 Å². The Kier molecular flexibility index (Phi) is 5.78. The number of amides is 4. The maximum atomic E-state index is 14.5. The quantitative estimate of drug-likeness (QED) is 0.319. The van der Waals surface area contributed by atoms with Gasteiger partial charge in [-0.2, -0.15) is 0 Å². The molecule has 1 spiro atoms. The van der Waals surface area contributed by atoms with Gasteiger partial charge < -0.3 is 4.90 Å². The lowest BCUT2D eigenvalue weighted by molar-refractivity contribution is -0.384. The number of imide groups is 2. The van der Waals surface area contributed by atoms with Crippen LogP contribution in [0.5, 0.6) is 0 Å². The van der Waals surface area contributed by atoms with Crippen LogP contribution in [0.25, 0.3) is 0 Å². The monoisotopic (exact) mass is 498 g/mol. The summed E-state index contributed by atoms with van der Waals surface area (Å²) in [6.45, 7) is 6.04.